The molecule has 1 aliphatic rings. The first kappa shape index (κ1) is 16.4. The third-order valence-corrected chi connectivity index (χ3v) is 5.41. The van der Waals surface area contributed by atoms with Gasteiger partial charge in [0, 0.05) is 49.5 Å². The van der Waals surface area contributed by atoms with Crippen molar-refractivity contribution in [3.63, 3.8) is 0 Å². The number of hydrogen-bond acceptors (Lipinski definition) is 5. The molecule has 1 aromatic heterocycles. The van der Waals surface area contributed by atoms with E-state index >= 15 is 0 Å². The van der Waals surface area contributed by atoms with E-state index in [0.717, 1.165) is 49.7 Å². The summed E-state index contributed by atoms with van der Waals surface area (Å²) >= 11 is 1.71. The molecule has 1 aliphatic heterocycles. The molecule has 2 N–H and O–H groups in total. The summed E-state index contributed by atoms with van der Waals surface area (Å²) in [7, 11) is 0. The highest BCUT2D eigenvalue weighted by molar-refractivity contribution is 7.09. The van der Waals surface area contributed by atoms with Crippen LogP contribution in [-0.2, 0) is 13.1 Å². The molecule has 4 nitrogen and oxygen atoms in total. The lowest BCUT2D eigenvalue weighted by atomic mass is 9.97. The number of nitrogens with zero attached hydrogens (tertiary/aromatic N) is 2. The third-order valence-electron chi connectivity index (χ3n) is 4.45. The predicted molar refractivity (Wildman–Crippen MR) is 95.9 cm³/mol. The minimum Gasteiger partial charge on any atom is -0.396 e. The molecule has 0 atom stereocenters. The monoisotopic (exact) mass is 331 g/mol. The van der Waals surface area contributed by atoms with Gasteiger partial charge in [0.2, 0.25) is 0 Å². The van der Waals surface area contributed by atoms with Gasteiger partial charge in [0.05, 0.1) is 0 Å². The zero-order chi connectivity index (χ0) is 16.1. The molecule has 1 aromatic carbocycles. The van der Waals surface area contributed by atoms with Gasteiger partial charge in [-0.15, -0.1) is 11.3 Å². The quantitative estimate of drug-likeness (QED) is 0.854. The van der Waals surface area contributed by atoms with Gasteiger partial charge in [-0.3, -0.25) is 0 Å². The average Bonchev–Trinajstić information content (AvgIpc) is 3.01. The number of piperidine rings is 1. The number of rotatable bonds is 6. The number of aliphatic hydroxyl groups excluding tert-OH is 1. The van der Waals surface area contributed by atoms with Gasteiger partial charge in [0.15, 0.2) is 0 Å². The second kappa shape index (κ2) is 7.90. The summed E-state index contributed by atoms with van der Waals surface area (Å²) in [6.45, 7) is 6.15. The Labute approximate surface area is 142 Å². The van der Waals surface area contributed by atoms with Crippen LogP contribution in [0.1, 0.15) is 29.1 Å². The van der Waals surface area contributed by atoms with E-state index < -0.39 is 0 Å². The van der Waals surface area contributed by atoms with Crippen molar-refractivity contribution in [3.8, 4) is 0 Å². The first-order valence-electron chi connectivity index (χ1n) is 8.31. The Morgan fingerprint density at radius 3 is 2.57 bits per heavy atom. The Morgan fingerprint density at radius 1 is 1.22 bits per heavy atom. The highest BCUT2D eigenvalue weighted by atomic mass is 32.1. The van der Waals surface area contributed by atoms with Gasteiger partial charge in [-0.05, 0) is 43.4 Å². The Bertz CT molecular complexity index is 603. The first-order chi connectivity index (χ1) is 11.2. The summed E-state index contributed by atoms with van der Waals surface area (Å²) in [5.74, 6) is 0.490. The maximum absolute atomic E-state index is 9.22. The molecular weight excluding hydrogens is 306 g/mol. The minimum absolute atomic E-state index is 0.330. The van der Waals surface area contributed by atoms with Crippen molar-refractivity contribution in [2.24, 2.45) is 5.92 Å². The van der Waals surface area contributed by atoms with Crippen molar-refractivity contribution >= 4 is 17.0 Å². The van der Waals surface area contributed by atoms with Crippen molar-refractivity contribution in [2.45, 2.75) is 32.9 Å². The number of aryl methyl sites for hydroxylation is 1. The molecule has 0 unspecified atom stereocenters. The maximum atomic E-state index is 9.22. The number of anilines is 1. The number of hydrogen-bond donors (Lipinski definition) is 2. The summed E-state index contributed by atoms with van der Waals surface area (Å²) in [6.07, 6.45) is 2.18. The van der Waals surface area contributed by atoms with Crippen LogP contribution < -0.4 is 10.2 Å². The molecule has 124 valence electrons. The highest BCUT2D eigenvalue weighted by Gasteiger charge is 2.18. The molecule has 0 amide bonds. The lowest BCUT2D eigenvalue weighted by Crippen LogP contribution is -2.34. The smallest absolute Gasteiger partial charge is 0.107 e. The van der Waals surface area contributed by atoms with Gasteiger partial charge in [-0.25, -0.2) is 4.98 Å². The third kappa shape index (κ3) is 4.53. The van der Waals surface area contributed by atoms with E-state index in [4.69, 9.17) is 0 Å². The average molecular weight is 331 g/mol. The van der Waals surface area contributed by atoms with Gasteiger partial charge < -0.3 is 15.3 Å². The summed E-state index contributed by atoms with van der Waals surface area (Å²) in [4.78, 5) is 6.88. The molecule has 0 bridgehead atoms. The molecule has 5 heteroatoms. The van der Waals surface area contributed by atoms with Gasteiger partial charge in [0.25, 0.3) is 0 Å². The van der Waals surface area contributed by atoms with E-state index in [1.807, 2.05) is 6.92 Å². The Balaban J connectivity index is 1.47. The molecule has 1 saturated heterocycles. The van der Waals surface area contributed by atoms with Crippen molar-refractivity contribution in [1.29, 1.82) is 0 Å². The number of nitrogens with one attached hydrogen (secondary N) is 1. The molecule has 0 saturated carbocycles. The molecule has 0 aliphatic carbocycles. The zero-order valence-corrected chi connectivity index (χ0v) is 14.5. The molecule has 2 heterocycles. The van der Waals surface area contributed by atoms with E-state index in [-0.39, 0.29) is 0 Å². The van der Waals surface area contributed by atoms with E-state index in [1.54, 1.807) is 11.3 Å². The summed E-state index contributed by atoms with van der Waals surface area (Å²) in [5, 5.41) is 15.9. The van der Waals surface area contributed by atoms with Crippen molar-refractivity contribution in [3.05, 3.63) is 45.9 Å². The lowest BCUT2D eigenvalue weighted by Gasteiger charge is -2.33. The van der Waals surface area contributed by atoms with E-state index in [2.05, 4.69) is 44.8 Å². The van der Waals surface area contributed by atoms with E-state index in [1.165, 1.54) is 11.3 Å². The fraction of sp³-hybridized carbons (Fsp3) is 0.500. The van der Waals surface area contributed by atoms with Gasteiger partial charge in [0.1, 0.15) is 5.01 Å². The van der Waals surface area contributed by atoms with Crippen LogP contribution in [0.3, 0.4) is 0 Å². The predicted octanol–water partition coefficient (Wildman–Crippen LogP) is 2.95. The van der Waals surface area contributed by atoms with Gasteiger partial charge in [-0.2, -0.15) is 0 Å². The molecule has 1 fully saturated rings. The molecule has 0 radical (unpaired) electrons. The SMILES string of the molecule is Cc1csc(CNCc2ccc(N3CCC(CO)CC3)cc2)n1. The highest BCUT2D eigenvalue weighted by Crippen LogP contribution is 2.23. The van der Waals surface area contributed by atoms with E-state index in [0.29, 0.717) is 12.5 Å². The van der Waals surface area contributed by atoms with Crippen molar-refractivity contribution in [1.82, 2.24) is 10.3 Å². The minimum atomic E-state index is 0.330. The summed E-state index contributed by atoms with van der Waals surface area (Å²) in [5.41, 5.74) is 3.69. The zero-order valence-electron chi connectivity index (χ0n) is 13.7. The number of benzene rings is 1. The van der Waals surface area contributed by atoms with E-state index in [9.17, 15) is 5.11 Å². The second-order valence-corrected chi connectivity index (χ2v) is 7.21. The Kier molecular flexibility index (Phi) is 5.65. The second-order valence-electron chi connectivity index (χ2n) is 6.27. The van der Waals surface area contributed by atoms with Crippen molar-refractivity contribution in [2.75, 3.05) is 24.6 Å². The molecule has 2 aromatic rings. The summed E-state index contributed by atoms with van der Waals surface area (Å²) in [6, 6.07) is 8.83. The Morgan fingerprint density at radius 2 is 1.96 bits per heavy atom. The number of aromatic nitrogens is 1. The number of aliphatic hydroxyl groups is 1. The Hall–Kier alpha value is -1.43. The normalized spacial score (nSPS) is 16.0. The summed E-state index contributed by atoms with van der Waals surface area (Å²) < 4.78 is 0. The number of thiazole rings is 1. The van der Waals surface area contributed by atoms with Crippen LogP contribution in [0.15, 0.2) is 29.6 Å². The van der Waals surface area contributed by atoms with Crippen LogP contribution in [0.4, 0.5) is 5.69 Å². The van der Waals surface area contributed by atoms with Crippen LogP contribution in [0, 0.1) is 12.8 Å². The maximum Gasteiger partial charge on any atom is 0.107 e. The fourth-order valence-corrected chi connectivity index (χ4v) is 3.74. The van der Waals surface area contributed by atoms with Crippen LogP contribution in [0.5, 0.6) is 0 Å². The standard InChI is InChI=1S/C18H25N3OS/c1-14-13-23-18(20-14)11-19-10-15-2-4-17(5-3-15)21-8-6-16(12-22)7-9-21/h2-5,13,16,19,22H,6-12H2,1H3. The van der Waals surface area contributed by atoms with Gasteiger partial charge in [-0.1, -0.05) is 12.1 Å². The van der Waals surface area contributed by atoms with Crippen LogP contribution >= 0.6 is 11.3 Å². The first-order valence-corrected chi connectivity index (χ1v) is 9.19. The van der Waals surface area contributed by atoms with Crippen molar-refractivity contribution < 1.29 is 5.11 Å². The molecule has 23 heavy (non-hydrogen) atoms. The molecule has 0 spiro atoms. The van der Waals surface area contributed by atoms with Crippen LogP contribution in [0.2, 0.25) is 0 Å². The molecule has 3 rings (SSSR count). The van der Waals surface area contributed by atoms with Crippen LogP contribution in [-0.4, -0.2) is 29.8 Å². The van der Waals surface area contributed by atoms with Gasteiger partial charge >= 0.3 is 0 Å². The topological polar surface area (TPSA) is 48.4 Å². The molecular formula is C18H25N3OS. The fourth-order valence-electron chi connectivity index (χ4n) is 3.00. The van der Waals surface area contributed by atoms with Crippen LogP contribution in [0.25, 0.3) is 0 Å². The lowest BCUT2D eigenvalue weighted by molar-refractivity contribution is 0.203. The largest absolute Gasteiger partial charge is 0.396 e.